The predicted octanol–water partition coefficient (Wildman–Crippen LogP) is 4.42. The van der Waals surface area contributed by atoms with Crippen LogP contribution in [0.15, 0.2) is 66.9 Å². The molecular weight excluding hydrogens is 331 g/mol. The van der Waals surface area contributed by atoms with Gasteiger partial charge in [-0.15, -0.1) is 0 Å². The van der Waals surface area contributed by atoms with E-state index in [0.717, 1.165) is 16.6 Å². The summed E-state index contributed by atoms with van der Waals surface area (Å²) in [6.45, 7) is 0.0370. The molecule has 126 valence electrons. The van der Waals surface area contributed by atoms with E-state index >= 15 is 0 Å². The molecule has 0 spiro atoms. The highest BCUT2D eigenvalue weighted by atomic mass is 19.1. The number of carbonyl (C=O) groups is 1. The van der Waals surface area contributed by atoms with E-state index in [1.165, 1.54) is 6.07 Å². The molecule has 5 rings (SSSR count). The topological polar surface area (TPSA) is 44.1 Å². The number of benzene rings is 2. The van der Waals surface area contributed by atoms with E-state index in [1.54, 1.807) is 29.0 Å². The summed E-state index contributed by atoms with van der Waals surface area (Å²) < 4.78 is 21.5. The fourth-order valence-electron chi connectivity index (χ4n) is 3.35. The average Bonchev–Trinajstić information content (AvgIpc) is 3.24. The predicted molar refractivity (Wildman–Crippen MR) is 95.6 cm³/mol. The lowest BCUT2D eigenvalue weighted by Crippen LogP contribution is -2.08. The summed E-state index contributed by atoms with van der Waals surface area (Å²) in [7, 11) is 0. The Labute approximate surface area is 148 Å². The first-order chi connectivity index (χ1) is 12.7. The summed E-state index contributed by atoms with van der Waals surface area (Å²) in [6, 6.07) is 17.6. The van der Waals surface area contributed by atoms with Gasteiger partial charge in [0.25, 0.3) is 5.91 Å². The maximum absolute atomic E-state index is 14.0. The van der Waals surface area contributed by atoms with Gasteiger partial charge in [0.05, 0.1) is 11.2 Å². The zero-order valence-electron chi connectivity index (χ0n) is 13.6. The summed E-state index contributed by atoms with van der Waals surface area (Å²) >= 11 is 0. The number of ether oxygens (including phenoxy) is 1. The molecule has 3 heterocycles. The Morgan fingerprint density at radius 2 is 1.81 bits per heavy atom. The number of para-hydroxylation sites is 1. The van der Waals surface area contributed by atoms with Crippen LogP contribution in [0.3, 0.4) is 0 Å². The molecule has 1 aliphatic heterocycles. The highest BCUT2D eigenvalue weighted by Gasteiger charge is 2.32. The molecule has 0 N–H and O–H groups in total. The number of carbonyl (C=O) groups excluding carboxylic acids is 1. The molecule has 0 saturated heterocycles. The van der Waals surface area contributed by atoms with E-state index in [0.29, 0.717) is 22.6 Å². The van der Waals surface area contributed by atoms with Gasteiger partial charge >= 0.3 is 0 Å². The zero-order chi connectivity index (χ0) is 17.7. The van der Waals surface area contributed by atoms with Gasteiger partial charge in [-0.25, -0.2) is 9.37 Å². The number of aromatic nitrogens is 2. The Morgan fingerprint density at radius 1 is 1.00 bits per heavy atom. The minimum absolute atomic E-state index is 0.0370. The van der Waals surface area contributed by atoms with E-state index < -0.39 is 0 Å². The molecule has 1 aliphatic rings. The molecule has 0 radical (unpaired) electrons. The molecule has 0 aliphatic carbocycles. The van der Waals surface area contributed by atoms with Crippen molar-refractivity contribution in [1.29, 1.82) is 0 Å². The first-order valence-corrected chi connectivity index (χ1v) is 8.25. The summed E-state index contributed by atoms with van der Waals surface area (Å²) in [5, 5.41) is 0.738. The first-order valence-electron chi connectivity index (χ1n) is 8.25. The van der Waals surface area contributed by atoms with Crippen LogP contribution in [0.25, 0.3) is 22.3 Å². The lowest BCUT2D eigenvalue weighted by Gasteiger charge is -2.13. The normalized spacial score (nSPS) is 12.3. The monoisotopic (exact) mass is 344 g/mol. The van der Waals surface area contributed by atoms with E-state index in [2.05, 4.69) is 4.98 Å². The van der Waals surface area contributed by atoms with Crippen molar-refractivity contribution in [2.75, 3.05) is 0 Å². The lowest BCUT2D eigenvalue weighted by atomic mass is 10.1. The number of nitrogens with zero attached hydrogens (tertiary/aromatic N) is 2. The van der Waals surface area contributed by atoms with Gasteiger partial charge < -0.3 is 4.74 Å². The molecule has 0 amide bonds. The minimum atomic E-state index is -0.333. The third-order valence-electron chi connectivity index (χ3n) is 4.60. The Kier molecular flexibility index (Phi) is 3.15. The highest BCUT2D eigenvalue weighted by molar-refractivity contribution is 6.13. The molecule has 0 atom stereocenters. The Morgan fingerprint density at radius 3 is 2.69 bits per heavy atom. The van der Waals surface area contributed by atoms with Crippen molar-refractivity contribution in [3.63, 3.8) is 0 Å². The maximum atomic E-state index is 14.0. The maximum Gasteiger partial charge on any atom is 0.268 e. The van der Waals surface area contributed by atoms with E-state index in [1.807, 2.05) is 36.4 Å². The van der Waals surface area contributed by atoms with Crippen LogP contribution in [0.4, 0.5) is 4.39 Å². The van der Waals surface area contributed by atoms with Gasteiger partial charge in [-0.3, -0.25) is 9.36 Å². The lowest BCUT2D eigenvalue weighted by molar-refractivity contribution is 0.0965. The number of pyridine rings is 1. The Hall–Kier alpha value is -3.47. The fourth-order valence-corrected chi connectivity index (χ4v) is 3.35. The van der Waals surface area contributed by atoms with Crippen LogP contribution in [0.1, 0.15) is 15.9 Å². The molecule has 2 aromatic carbocycles. The second-order valence-electron chi connectivity index (χ2n) is 6.13. The van der Waals surface area contributed by atoms with Crippen LogP contribution in [0, 0.1) is 5.82 Å². The molecule has 0 bridgehead atoms. The van der Waals surface area contributed by atoms with E-state index in [9.17, 15) is 9.18 Å². The highest BCUT2D eigenvalue weighted by Crippen LogP contribution is 2.40. The van der Waals surface area contributed by atoms with Crippen LogP contribution >= 0.6 is 0 Å². The van der Waals surface area contributed by atoms with Crippen LogP contribution < -0.4 is 4.74 Å². The Balaban J connectivity index is 1.69. The number of fused-ring (bicyclic) bond motifs is 4. The number of hydrogen-bond acceptors (Lipinski definition) is 3. The van der Waals surface area contributed by atoms with Gasteiger partial charge in [0.2, 0.25) is 0 Å². The van der Waals surface area contributed by atoms with Gasteiger partial charge in [-0.1, -0.05) is 30.3 Å². The van der Waals surface area contributed by atoms with Crippen LogP contribution in [0.5, 0.6) is 5.75 Å². The van der Waals surface area contributed by atoms with E-state index in [-0.39, 0.29) is 18.3 Å². The molecule has 0 fully saturated rings. The van der Waals surface area contributed by atoms with Crippen LogP contribution in [-0.2, 0) is 6.61 Å². The number of hydrogen-bond donors (Lipinski definition) is 0. The van der Waals surface area contributed by atoms with Crippen molar-refractivity contribution in [3.8, 4) is 17.1 Å². The molecule has 5 heteroatoms. The van der Waals surface area contributed by atoms with Crippen molar-refractivity contribution >= 4 is 16.8 Å². The molecule has 2 aromatic heterocycles. The largest absolute Gasteiger partial charge is 0.487 e. The second kappa shape index (κ2) is 5.52. The summed E-state index contributed by atoms with van der Waals surface area (Å²) in [5.41, 5.74) is 2.94. The number of rotatable bonds is 3. The van der Waals surface area contributed by atoms with Gasteiger partial charge in [0.15, 0.2) is 0 Å². The van der Waals surface area contributed by atoms with Crippen molar-refractivity contribution in [3.05, 3.63) is 83.8 Å². The van der Waals surface area contributed by atoms with Crippen molar-refractivity contribution in [1.82, 2.24) is 9.55 Å². The minimum Gasteiger partial charge on any atom is -0.487 e. The molecule has 26 heavy (non-hydrogen) atoms. The molecule has 4 nitrogen and oxygen atoms in total. The third kappa shape index (κ3) is 2.07. The standard InChI is InChI=1S/C21H13FN2O2/c22-15-8-3-1-6-13(15)12-26-20-14-7-2-4-9-16(14)23-19-17-10-5-11-24(17)21(25)18(19)20/h1-11H,12H2. The van der Waals surface area contributed by atoms with Gasteiger partial charge in [-0.05, 0) is 30.3 Å². The van der Waals surface area contributed by atoms with Crippen molar-refractivity contribution < 1.29 is 13.9 Å². The fraction of sp³-hybridized carbons (Fsp3) is 0.0476. The summed E-state index contributed by atoms with van der Waals surface area (Å²) in [4.78, 5) is 17.5. The first kappa shape index (κ1) is 14.8. The molecule has 4 aromatic rings. The second-order valence-corrected chi connectivity index (χ2v) is 6.13. The molecule has 0 saturated carbocycles. The van der Waals surface area contributed by atoms with Gasteiger partial charge in [0, 0.05) is 17.1 Å². The van der Waals surface area contributed by atoms with Gasteiger partial charge in [0.1, 0.15) is 29.4 Å². The van der Waals surface area contributed by atoms with Crippen LogP contribution in [-0.4, -0.2) is 15.5 Å². The SMILES string of the molecule is O=C1c2c(nc3ccccc3c2OCc2ccccc2F)-c2cccn21. The van der Waals surface area contributed by atoms with Gasteiger partial charge in [-0.2, -0.15) is 0 Å². The summed E-state index contributed by atoms with van der Waals surface area (Å²) in [6.07, 6.45) is 1.71. The number of halogens is 1. The van der Waals surface area contributed by atoms with Crippen LogP contribution in [0.2, 0.25) is 0 Å². The van der Waals surface area contributed by atoms with E-state index in [4.69, 9.17) is 4.74 Å². The average molecular weight is 344 g/mol. The smallest absolute Gasteiger partial charge is 0.268 e. The Bertz CT molecular complexity index is 1180. The quantitative estimate of drug-likeness (QED) is 0.486. The van der Waals surface area contributed by atoms with Crippen molar-refractivity contribution in [2.45, 2.75) is 6.61 Å². The van der Waals surface area contributed by atoms with Crippen molar-refractivity contribution in [2.24, 2.45) is 0 Å². The summed E-state index contributed by atoms with van der Waals surface area (Å²) in [5.74, 6) is -0.0653. The zero-order valence-corrected chi connectivity index (χ0v) is 13.6. The molecule has 0 unspecified atom stereocenters. The third-order valence-corrected chi connectivity index (χ3v) is 4.60. The molecular formula is C21H13FN2O2.